The predicted molar refractivity (Wildman–Crippen MR) is 105 cm³/mol. The number of alkyl halides is 3. The first kappa shape index (κ1) is 28.8. The van der Waals surface area contributed by atoms with Crippen LogP contribution in [0.25, 0.3) is 0 Å². The van der Waals surface area contributed by atoms with E-state index >= 15 is 0 Å². The molecule has 7 nitrogen and oxygen atoms in total. The van der Waals surface area contributed by atoms with Crippen molar-refractivity contribution in [2.45, 2.75) is 44.4 Å². The van der Waals surface area contributed by atoms with Crippen LogP contribution < -0.4 is 61.4 Å². The summed E-state index contributed by atoms with van der Waals surface area (Å²) in [6.07, 6.45) is -5.93. The minimum absolute atomic E-state index is 0. The van der Waals surface area contributed by atoms with Crippen molar-refractivity contribution >= 4 is 43.4 Å². The fourth-order valence-electron chi connectivity index (χ4n) is 2.83. The van der Waals surface area contributed by atoms with Crippen LogP contribution in [0.2, 0.25) is 0 Å². The maximum atomic E-state index is 13.2. The van der Waals surface area contributed by atoms with Crippen molar-refractivity contribution in [3.63, 3.8) is 0 Å². The first-order valence-electron chi connectivity index (χ1n) is 8.85. The summed E-state index contributed by atoms with van der Waals surface area (Å²) in [7, 11) is -3.17. The zero-order chi connectivity index (χ0) is 23.1. The minimum Gasteiger partial charge on any atom is -0.549 e. The molecule has 0 bridgehead atoms. The van der Waals surface area contributed by atoms with E-state index in [1.54, 1.807) is 27.7 Å². The number of carbonyl (C=O) groups excluding carboxylic acids is 2. The molecule has 0 spiro atoms. The zero-order valence-electron chi connectivity index (χ0n) is 17.7. The van der Waals surface area contributed by atoms with E-state index in [0.717, 1.165) is 0 Å². The van der Waals surface area contributed by atoms with Crippen LogP contribution in [-0.2, 0) is 19.3 Å². The number of hydrogen-bond donors (Lipinski definition) is 0. The Hall–Kier alpha value is -0.184. The predicted octanol–water partition coefficient (Wildman–Crippen LogP) is 0.354. The standard InChI is InChI=1S/C18H22BrF3N2O5S.K/c1-5-30(28,23-15(27)29-16(2,3)4)11-6-7-13(12(19)8-11)24-9-17(10-24,14(25)26)18(20,21)22;/h6-8H,5,9-10H2,1-4H3,(H,25,26);/q;+1/p-1. The monoisotopic (exact) mass is 552 g/mol. The summed E-state index contributed by atoms with van der Waals surface area (Å²) in [5.41, 5.74) is -3.47. The van der Waals surface area contributed by atoms with Crippen LogP contribution in [0.3, 0.4) is 0 Å². The fraction of sp³-hybridized carbons (Fsp3) is 0.556. The topological polar surface area (TPSA) is 99.1 Å². The smallest absolute Gasteiger partial charge is 0.549 e. The Labute approximate surface area is 229 Å². The van der Waals surface area contributed by atoms with E-state index in [1.807, 2.05) is 0 Å². The van der Waals surface area contributed by atoms with E-state index in [2.05, 4.69) is 20.3 Å². The van der Waals surface area contributed by atoms with Crippen LogP contribution in [-0.4, -0.2) is 46.9 Å². The molecule has 31 heavy (non-hydrogen) atoms. The molecule has 0 saturated carbocycles. The molecule has 1 aliphatic heterocycles. The third-order valence-corrected chi connectivity index (χ3v) is 7.34. The van der Waals surface area contributed by atoms with Gasteiger partial charge in [0.05, 0.1) is 21.4 Å². The maximum Gasteiger partial charge on any atom is 1.00 e. The first-order chi connectivity index (χ1) is 13.5. The summed E-state index contributed by atoms with van der Waals surface area (Å²) < 4.78 is 61.7. The molecule has 1 heterocycles. The van der Waals surface area contributed by atoms with Crippen molar-refractivity contribution in [2.24, 2.45) is 9.78 Å². The van der Waals surface area contributed by atoms with Crippen LogP contribution in [0, 0.1) is 5.41 Å². The average Bonchev–Trinajstić information content (AvgIpc) is 2.51. The quantitative estimate of drug-likeness (QED) is 0.500. The summed E-state index contributed by atoms with van der Waals surface area (Å²) in [6, 6.07) is 4.17. The SMILES string of the molecule is CCS(=O)(=NC(=O)OC(C)(C)C)c1ccc(N2CC(C(=O)[O-])(C(F)(F)F)C2)c(Br)c1.[K+]. The molecule has 168 valence electrons. The number of carboxylic acid groups (broad SMARTS) is 1. The van der Waals surface area contributed by atoms with Crippen molar-refractivity contribution in [3.05, 3.63) is 22.7 Å². The minimum atomic E-state index is -4.95. The Balaban J connectivity index is 0.00000480. The number of benzene rings is 1. The number of aliphatic carboxylic acids is 1. The number of anilines is 1. The van der Waals surface area contributed by atoms with Gasteiger partial charge in [0.2, 0.25) is 0 Å². The second kappa shape index (κ2) is 9.98. The summed E-state index contributed by atoms with van der Waals surface area (Å²) in [5.74, 6) is -2.17. The van der Waals surface area contributed by atoms with Crippen molar-refractivity contribution in [3.8, 4) is 0 Å². The molecule has 1 saturated heterocycles. The number of rotatable bonds is 4. The van der Waals surface area contributed by atoms with Crippen molar-refractivity contribution < 1.29 is 88.2 Å². The van der Waals surface area contributed by atoms with Crippen molar-refractivity contribution in [1.29, 1.82) is 0 Å². The van der Waals surface area contributed by atoms with E-state index in [1.165, 1.54) is 23.1 Å². The van der Waals surface area contributed by atoms with Gasteiger partial charge in [0.25, 0.3) is 0 Å². The second-order valence-electron chi connectivity index (χ2n) is 7.84. The fourth-order valence-corrected chi connectivity index (χ4v) is 5.04. The third kappa shape index (κ3) is 6.24. The van der Waals surface area contributed by atoms with E-state index in [0.29, 0.717) is 0 Å². The molecule has 1 amide bonds. The molecular formula is C18H21BrF3KN2O5S. The summed E-state index contributed by atoms with van der Waals surface area (Å²) in [5, 5.41) is 11.1. The van der Waals surface area contributed by atoms with Gasteiger partial charge < -0.3 is 19.5 Å². The Bertz CT molecular complexity index is 981. The number of amides is 1. The van der Waals surface area contributed by atoms with E-state index in [9.17, 15) is 32.1 Å². The molecule has 2 rings (SSSR count). The molecule has 1 atom stereocenters. The Morgan fingerprint density at radius 3 is 2.23 bits per heavy atom. The first-order valence-corrected chi connectivity index (χ1v) is 11.3. The second-order valence-corrected chi connectivity index (χ2v) is 11.2. The molecule has 1 aliphatic rings. The normalized spacial score (nSPS) is 17.6. The van der Waals surface area contributed by atoms with E-state index < -0.39 is 52.1 Å². The van der Waals surface area contributed by atoms with Gasteiger partial charge in [-0.2, -0.15) is 13.2 Å². The molecule has 1 aromatic carbocycles. The summed E-state index contributed by atoms with van der Waals surface area (Å²) in [6.45, 7) is 4.89. The van der Waals surface area contributed by atoms with Gasteiger partial charge in [0, 0.05) is 28.2 Å². The maximum absolute atomic E-state index is 13.2. The largest absolute Gasteiger partial charge is 1.00 e. The molecule has 1 unspecified atom stereocenters. The Kier molecular flexibility index (Phi) is 9.28. The van der Waals surface area contributed by atoms with Gasteiger partial charge >= 0.3 is 63.7 Å². The van der Waals surface area contributed by atoms with Crippen LogP contribution >= 0.6 is 15.9 Å². The van der Waals surface area contributed by atoms with Gasteiger partial charge in [0.1, 0.15) is 11.0 Å². The van der Waals surface area contributed by atoms with Gasteiger partial charge in [-0.1, -0.05) is 6.92 Å². The Morgan fingerprint density at radius 1 is 1.29 bits per heavy atom. The third-order valence-electron chi connectivity index (χ3n) is 4.49. The number of carbonyl (C=O) groups is 2. The van der Waals surface area contributed by atoms with Crippen molar-refractivity contribution in [1.82, 2.24) is 0 Å². The molecule has 0 N–H and O–H groups in total. The van der Waals surface area contributed by atoms with Crippen LogP contribution in [0.1, 0.15) is 27.7 Å². The van der Waals surface area contributed by atoms with Gasteiger partial charge in [-0.25, -0.2) is 9.00 Å². The molecular weight excluding hydrogens is 532 g/mol. The van der Waals surface area contributed by atoms with E-state index in [4.69, 9.17) is 4.74 Å². The summed E-state index contributed by atoms with van der Waals surface area (Å²) >= 11 is 3.21. The molecule has 1 fully saturated rings. The average molecular weight is 553 g/mol. The molecule has 0 aromatic heterocycles. The molecule has 1 aromatic rings. The zero-order valence-corrected chi connectivity index (χ0v) is 23.2. The molecule has 0 aliphatic carbocycles. The summed E-state index contributed by atoms with van der Waals surface area (Å²) in [4.78, 5) is 24.5. The van der Waals surface area contributed by atoms with Crippen LogP contribution in [0.4, 0.5) is 23.7 Å². The van der Waals surface area contributed by atoms with Gasteiger partial charge in [0.15, 0.2) is 0 Å². The number of hydrogen-bond acceptors (Lipinski definition) is 6. The number of carboxylic acids is 1. The van der Waals surface area contributed by atoms with Gasteiger partial charge in [-0.3, -0.25) is 0 Å². The van der Waals surface area contributed by atoms with E-state index in [-0.39, 0.29) is 72.2 Å². The number of nitrogens with zero attached hydrogens (tertiary/aromatic N) is 2. The van der Waals surface area contributed by atoms with Crippen molar-refractivity contribution in [2.75, 3.05) is 23.7 Å². The number of ether oxygens (including phenoxy) is 1. The molecule has 13 heteroatoms. The van der Waals surface area contributed by atoms with Gasteiger partial charge in [-0.15, -0.1) is 4.36 Å². The van der Waals surface area contributed by atoms with Gasteiger partial charge in [-0.05, 0) is 54.9 Å². The number of halogens is 4. The van der Waals surface area contributed by atoms with Crippen LogP contribution in [0.5, 0.6) is 0 Å². The molecule has 0 radical (unpaired) electrons. The Morgan fingerprint density at radius 2 is 1.84 bits per heavy atom. The van der Waals surface area contributed by atoms with Crippen LogP contribution in [0.15, 0.2) is 31.9 Å².